The van der Waals surface area contributed by atoms with Crippen LogP contribution < -0.4 is 15.0 Å². The summed E-state index contributed by atoms with van der Waals surface area (Å²) in [6.45, 7) is 7.55. The maximum Gasteiger partial charge on any atom is 0.324 e. The number of aryl methyl sites for hydroxylation is 1. The van der Waals surface area contributed by atoms with Crippen LogP contribution in [0.5, 0.6) is 11.8 Å². The van der Waals surface area contributed by atoms with E-state index in [1.807, 2.05) is 20.8 Å². The summed E-state index contributed by atoms with van der Waals surface area (Å²) in [5.41, 5.74) is 0. The molecule has 31 heavy (non-hydrogen) atoms. The van der Waals surface area contributed by atoms with Gasteiger partial charge in [0.2, 0.25) is 5.95 Å². The average molecular weight is 427 g/mol. The number of hydrogen-bond acceptors (Lipinski definition) is 8. The molecule has 10 heteroatoms. The van der Waals surface area contributed by atoms with Gasteiger partial charge in [-0.2, -0.15) is 9.97 Å². The van der Waals surface area contributed by atoms with Gasteiger partial charge in [0.1, 0.15) is 11.6 Å². The molecule has 3 heterocycles. The highest BCUT2D eigenvalue weighted by Crippen LogP contribution is 2.40. The van der Waals surface area contributed by atoms with E-state index in [9.17, 15) is 4.39 Å². The molecule has 1 aliphatic carbocycles. The molecule has 1 saturated carbocycles. The van der Waals surface area contributed by atoms with Crippen molar-refractivity contribution in [3.8, 4) is 11.8 Å². The Bertz CT molecular complexity index is 1050. The van der Waals surface area contributed by atoms with Crippen molar-refractivity contribution in [3.63, 3.8) is 0 Å². The predicted molar refractivity (Wildman–Crippen MR) is 112 cm³/mol. The topological polar surface area (TPSA) is 94.1 Å². The van der Waals surface area contributed by atoms with Crippen LogP contribution in [0.25, 0.3) is 0 Å². The van der Waals surface area contributed by atoms with E-state index in [-0.39, 0.29) is 17.9 Å². The van der Waals surface area contributed by atoms with Crippen LogP contribution in [0.2, 0.25) is 0 Å². The number of piperidine rings is 1. The predicted octanol–water partition coefficient (Wildman–Crippen LogP) is 3.81. The normalized spacial score (nSPS) is 22.9. The molecule has 1 saturated heterocycles. The van der Waals surface area contributed by atoms with Crippen molar-refractivity contribution in [1.29, 1.82) is 0 Å². The van der Waals surface area contributed by atoms with E-state index in [4.69, 9.17) is 9.26 Å². The molecule has 5 rings (SSSR count). The fourth-order valence-corrected chi connectivity index (χ4v) is 4.59. The lowest BCUT2D eigenvalue weighted by Crippen LogP contribution is -2.48. The van der Waals surface area contributed by atoms with E-state index in [1.165, 1.54) is 12.1 Å². The molecule has 2 aromatic heterocycles. The molecule has 164 valence electrons. The Morgan fingerprint density at radius 1 is 1.19 bits per heavy atom. The molecule has 9 nitrogen and oxygen atoms in total. The van der Waals surface area contributed by atoms with Crippen LogP contribution in [-0.4, -0.2) is 44.0 Å². The fraction of sp³-hybridized carbons (Fsp3) is 0.524. The number of halogens is 1. The second-order valence-corrected chi connectivity index (χ2v) is 8.61. The van der Waals surface area contributed by atoms with Gasteiger partial charge in [0.15, 0.2) is 5.82 Å². The smallest absolute Gasteiger partial charge is 0.324 e. The van der Waals surface area contributed by atoms with E-state index in [0.717, 1.165) is 25.9 Å². The molecule has 0 amide bonds. The molecular formula is C21H26FN7O2. The van der Waals surface area contributed by atoms with Crippen molar-refractivity contribution in [2.24, 2.45) is 11.8 Å². The van der Waals surface area contributed by atoms with Crippen molar-refractivity contribution in [3.05, 3.63) is 35.9 Å². The number of hydrogen-bond donors (Lipinski definition) is 1. The van der Waals surface area contributed by atoms with Crippen molar-refractivity contribution in [1.82, 2.24) is 24.9 Å². The number of nitrogens with zero attached hydrogens (tertiary/aromatic N) is 6. The van der Waals surface area contributed by atoms with Crippen LogP contribution >= 0.6 is 0 Å². The van der Waals surface area contributed by atoms with Gasteiger partial charge in [0, 0.05) is 25.2 Å². The Labute approximate surface area is 179 Å². The third-order valence-electron chi connectivity index (χ3n) is 6.01. The van der Waals surface area contributed by atoms with Crippen molar-refractivity contribution in [2.45, 2.75) is 45.7 Å². The number of anilines is 2. The summed E-state index contributed by atoms with van der Waals surface area (Å²) < 4.78 is 26.5. The molecule has 1 aromatic carbocycles. The van der Waals surface area contributed by atoms with Gasteiger partial charge in [-0.25, -0.2) is 9.07 Å². The van der Waals surface area contributed by atoms with E-state index in [0.29, 0.717) is 41.4 Å². The second kappa shape index (κ2) is 7.82. The van der Waals surface area contributed by atoms with Gasteiger partial charge < -0.3 is 19.5 Å². The van der Waals surface area contributed by atoms with Gasteiger partial charge in [0.25, 0.3) is 0 Å². The molecule has 1 aliphatic heterocycles. The van der Waals surface area contributed by atoms with Gasteiger partial charge in [-0.15, -0.1) is 5.10 Å². The number of fused-ring (bicyclic) bond motifs is 2. The van der Waals surface area contributed by atoms with Crippen LogP contribution in [0, 0.1) is 24.6 Å². The minimum atomic E-state index is -0.355. The summed E-state index contributed by atoms with van der Waals surface area (Å²) in [4.78, 5) is 11.1. The van der Waals surface area contributed by atoms with E-state index in [2.05, 4.69) is 30.4 Å². The maximum atomic E-state index is 13.5. The highest BCUT2D eigenvalue weighted by molar-refractivity contribution is 5.35. The largest absolute Gasteiger partial charge is 0.424 e. The Hall–Kier alpha value is -3.17. The van der Waals surface area contributed by atoms with Gasteiger partial charge >= 0.3 is 12.0 Å². The standard InChI is InChI=1S/C21H26FN7O2/c1-12(2)29-21(30-17-6-4-5-16(22)9-17)25-19(26-29)24-18-14-7-8-15(18)11-28(10-14)20-23-13(3)27-31-20/h4-6,9,12,14-15,18H,7-8,10-11H2,1-3H3,(H,24,26). The molecular weight excluding hydrogens is 401 g/mol. The summed E-state index contributed by atoms with van der Waals surface area (Å²) in [6.07, 6.45) is 2.26. The zero-order valence-electron chi connectivity index (χ0n) is 17.8. The van der Waals surface area contributed by atoms with Gasteiger partial charge in [-0.3, -0.25) is 0 Å². The molecule has 2 atom stereocenters. The molecule has 3 aromatic rings. The van der Waals surface area contributed by atoms with Gasteiger partial charge in [0.05, 0.1) is 6.04 Å². The Kier molecular flexibility index (Phi) is 4.99. The summed E-state index contributed by atoms with van der Waals surface area (Å²) in [6, 6.07) is 7.28. The average Bonchev–Trinajstić information content (AvgIpc) is 3.39. The third kappa shape index (κ3) is 3.94. The molecule has 2 fully saturated rings. The molecule has 0 radical (unpaired) electrons. The SMILES string of the molecule is Cc1noc(N2CC3CCC(C2)C3Nc2nc(Oc3cccc(F)c3)n(C(C)C)n2)n1. The minimum absolute atomic E-state index is 0.0472. The highest BCUT2D eigenvalue weighted by Gasteiger charge is 2.43. The van der Waals surface area contributed by atoms with Crippen LogP contribution in [0.15, 0.2) is 28.8 Å². The first-order chi connectivity index (χ1) is 15.0. The molecule has 0 spiro atoms. The minimum Gasteiger partial charge on any atom is -0.424 e. The number of ether oxygens (including phenoxy) is 1. The highest BCUT2D eigenvalue weighted by atomic mass is 19.1. The van der Waals surface area contributed by atoms with Crippen LogP contribution in [0.1, 0.15) is 38.6 Å². The first-order valence-corrected chi connectivity index (χ1v) is 10.7. The number of rotatable bonds is 6. The lowest BCUT2D eigenvalue weighted by Gasteiger charge is -2.37. The maximum absolute atomic E-state index is 13.5. The molecule has 2 bridgehead atoms. The summed E-state index contributed by atoms with van der Waals surface area (Å²) in [5, 5.41) is 12.1. The lowest BCUT2D eigenvalue weighted by molar-refractivity contribution is 0.340. The zero-order chi connectivity index (χ0) is 21.5. The van der Waals surface area contributed by atoms with Crippen molar-refractivity contribution < 1.29 is 13.7 Å². The van der Waals surface area contributed by atoms with E-state index >= 15 is 0 Å². The summed E-state index contributed by atoms with van der Waals surface area (Å²) in [7, 11) is 0. The van der Waals surface area contributed by atoms with Crippen molar-refractivity contribution in [2.75, 3.05) is 23.3 Å². The quantitative estimate of drug-likeness (QED) is 0.635. The Morgan fingerprint density at radius 3 is 2.61 bits per heavy atom. The summed E-state index contributed by atoms with van der Waals surface area (Å²) in [5.74, 6) is 2.09. The van der Waals surface area contributed by atoms with E-state index in [1.54, 1.807) is 16.8 Å². The summed E-state index contributed by atoms with van der Waals surface area (Å²) >= 11 is 0. The number of nitrogens with one attached hydrogen (secondary N) is 1. The number of aromatic nitrogens is 5. The monoisotopic (exact) mass is 427 g/mol. The van der Waals surface area contributed by atoms with E-state index < -0.39 is 0 Å². The van der Waals surface area contributed by atoms with Crippen LogP contribution in [0.4, 0.5) is 16.4 Å². The zero-order valence-corrected chi connectivity index (χ0v) is 17.8. The molecule has 2 aliphatic rings. The Balaban J connectivity index is 1.32. The Morgan fingerprint density at radius 2 is 1.97 bits per heavy atom. The van der Waals surface area contributed by atoms with Crippen LogP contribution in [0.3, 0.4) is 0 Å². The van der Waals surface area contributed by atoms with Gasteiger partial charge in [-0.1, -0.05) is 11.2 Å². The molecule has 2 unspecified atom stereocenters. The fourth-order valence-electron chi connectivity index (χ4n) is 4.59. The second-order valence-electron chi connectivity index (χ2n) is 8.61. The van der Waals surface area contributed by atoms with Crippen LogP contribution in [-0.2, 0) is 0 Å². The number of benzene rings is 1. The molecule has 1 N–H and O–H groups in total. The third-order valence-corrected chi connectivity index (χ3v) is 6.01. The van der Waals surface area contributed by atoms with Gasteiger partial charge in [-0.05, 0) is 57.6 Å². The first kappa shape index (κ1) is 19.8. The lowest BCUT2D eigenvalue weighted by atomic mass is 9.92. The van der Waals surface area contributed by atoms with Crippen molar-refractivity contribution >= 4 is 12.0 Å². The first-order valence-electron chi connectivity index (χ1n) is 10.7.